The van der Waals surface area contributed by atoms with Crippen molar-refractivity contribution in [1.82, 2.24) is 4.90 Å². The van der Waals surface area contributed by atoms with E-state index in [4.69, 9.17) is 5.73 Å². The van der Waals surface area contributed by atoms with Gasteiger partial charge in [0.05, 0.1) is 0 Å². The monoisotopic (exact) mass is 256 g/mol. The molecule has 0 saturated carbocycles. The average Bonchev–Trinajstić information content (AvgIpc) is 2.31. The Bertz CT molecular complexity index is 201. The minimum atomic E-state index is 0.173. The van der Waals surface area contributed by atoms with Gasteiger partial charge in [0.2, 0.25) is 0 Å². The molecule has 110 valence electrons. The van der Waals surface area contributed by atoms with Gasteiger partial charge in [-0.1, -0.05) is 46.5 Å². The lowest BCUT2D eigenvalue weighted by Crippen LogP contribution is -2.55. The average molecular weight is 256 g/mol. The van der Waals surface area contributed by atoms with Crippen LogP contribution in [0.5, 0.6) is 0 Å². The zero-order chi connectivity index (χ0) is 14.2. The highest BCUT2D eigenvalue weighted by Crippen LogP contribution is 2.25. The van der Waals surface area contributed by atoms with Crippen molar-refractivity contribution in [1.29, 1.82) is 0 Å². The predicted octanol–water partition coefficient (Wildman–Crippen LogP) is 4.04. The summed E-state index contributed by atoms with van der Waals surface area (Å²) in [5, 5.41) is 0. The van der Waals surface area contributed by atoms with Gasteiger partial charge in [-0.05, 0) is 33.1 Å². The molecule has 0 aliphatic carbocycles. The molecule has 0 aromatic carbocycles. The molecular formula is C16H36N2. The third-order valence-electron chi connectivity index (χ3n) is 3.89. The lowest BCUT2D eigenvalue weighted by Gasteiger charge is -2.44. The smallest absolute Gasteiger partial charge is 0.0306 e. The van der Waals surface area contributed by atoms with Crippen molar-refractivity contribution in [2.24, 2.45) is 11.7 Å². The second-order valence-electron chi connectivity index (χ2n) is 6.65. The van der Waals surface area contributed by atoms with Crippen molar-refractivity contribution in [3.05, 3.63) is 0 Å². The maximum atomic E-state index is 6.09. The molecular weight excluding hydrogens is 220 g/mol. The van der Waals surface area contributed by atoms with Gasteiger partial charge in [0.1, 0.15) is 0 Å². The van der Waals surface area contributed by atoms with E-state index >= 15 is 0 Å². The summed E-state index contributed by atoms with van der Waals surface area (Å²) in [5.74, 6) is 0.703. The molecule has 2 nitrogen and oxygen atoms in total. The summed E-state index contributed by atoms with van der Waals surface area (Å²) in [6.45, 7) is 15.7. The Labute approximate surface area is 115 Å². The molecule has 1 unspecified atom stereocenters. The summed E-state index contributed by atoms with van der Waals surface area (Å²) >= 11 is 0. The Balaban J connectivity index is 4.52. The Morgan fingerprint density at radius 2 is 1.67 bits per heavy atom. The standard InChI is InChI=1S/C16H36N2/c1-7-8-9-10-11-16(6,13-17)18(15(4)5)12-14(2)3/h14-15H,7-13,17H2,1-6H3. The summed E-state index contributed by atoms with van der Waals surface area (Å²) in [4.78, 5) is 2.61. The third-order valence-corrected chi connectivity index (χ3v) is 3.89. The zero-order valence-corrected chi connectivity index (χ0v) is 13.6. The van der Waals surface area contributed by atoms with Crippen LogP contribution in [-0.2, 0) is 0 Å². The van der Waals surface area contributed by atoms with Gasteiger partial charge < -0.3 is 5.73 Å². The van der Waals surface area contributed by atoms with Crippen molar-refractivity contribution in [3.8, 4) is 0 Å². The van der Waals surface area contributed by atoms with Crippen LogP contribution in [-0.4, -0.2) is 29.6 Å². The number of unbranched alkanes of at least 4 members (excludes halogenated alkanes) is 3. The first-order chi connectivity index (χ1) is 8.37. The fourth-order valence-corrected chi connectivity index (χ4v) is 2.74. The topological polar surface area (TPSA) is 29.3 Å². The van der Waals surface area contributed by atoms with Gasteiger partial charge >= 0.3 is 0 Å². The van der Waals surface area contributed by atoms with Crippen molar-refractivity contribution in [2.75, 3.05) is 13.1 Å². The summed E-state index contributed by atoms with van der Waals surface area (Å²) in [6.07, 6.45) is 6.54. The van der Waals surface area contributed by atoms with E-state index in [2.05, 4.69) is 46.4 Å². The molecule has 0 heterocycles. The fourth-order valence-electron chi connectivity index (χ4n) is 2.74. The highest BCUT2D eigenvalue weighted by molar-refractivity contribution is 4.89. The number of nitrogens with zero attached hydrogens (tertiary/aromatic N) is 1. The lowest BCUT2D eigenvalue weighted by atomic mass is 9.90. The van der Waals surface area contributed by atoms with Crippen molar-refractivity contribution >= 4 is 0 Å². The highest BCUT2D eigenvalue weighted by atomic mass is 15.2. The number of hydrogen-bond acceptors (Lipinski definition) is 2. The molecule has 0 saturated heterocycles. The molecule has 0 rings (SSSR count). The van der Waals surface area contributed by atoms with E-state index in [1.165, 1.54) is 32.1 Å². The molecule has 0 spiro atoms. The Hall–Kier alpha value is -0.0800. The van der Waals surface area contributed by atoms with Crippen LogP contribution in [0.1, 0.15) is 73.6 Å². The van der Waals surface area contributed by atoms with E-state index in [-0.39, 0.29) is 5.54 Å². The first-order valence-electron chi connectivity index (χ1n) is 7.84. The summed E-state index contributed by atoms with van der Waals surface area (Å²) in [5.41, 5.74) is 6.27. The first kappa shape index (κ1) is 17.9. The largest absolute Gasteiger partial charge is 0.329 e. The molecule has 2 heteroatoms. The van der Waals surface area contributed by atoms with E-state index in [0.29, 0.717) is 12.0 Å². The molecule has 0 radical (unpaired) electrons. The minimum absolute atomic E-state index is 0.173. The lowest BCUT2D eigenvalue weighted by molar-refractivity contribution is 0.0539. The van der Waals surface area contributed by atoms with Crippen LogP contribution >= 0.6 is 0 Å². The number of nitrogens with two attached hydrogens (primary N) is 1. The Morgan fingerprint density at radius 3 is 2.06 bits per heavy atom. The normalized spacial score (nSPS) is 15.7. The molecule has 2 N–H and O–H groups in total. The zero-order valence-electron chi connectivity index (χ0n) is 13.6. The van der Waals surface area contributed by atoms with Gasteiger partial charge in [0.15, 0.2) is 0 Å². The fraction of sp³-hybridized carbons (Fsp3) is 1.00. The predicted molar refractivity (Wildman–Crippen MR) is 82.9 cm³/mol. The molecule has 0 fully saturated rings. The summed E-state index contributed by atoms with van der Waals surface area (Å²) < 4.78 is 0. The van der Waals surface area contributed by atoms with Gasteiger partial charge in [-0.25, -0.2) is 0 Å². The maximum Gasteiger partial charge on any atom is 0.0306 e. The first-order valence-corrected chi connectivity index (χ1v) is 7.84. The second-order valence-corrected chi connectivity index (χ2v) is 6.65. The maximum absolute atomic E-state index is 6.09. The van der Waals surface area contributed by atoms with Gasteiger partial charge in [-0.2, -0.15) is 0 Å². The molecule has 0 aromatic heterocycles. The van der Waals surface area contributed by atoms with Gasteiger partial charge in [-0.3, -0.25) is 4.90 Å². The van der Waals surface area contributed by atoms with Crippen LogP contribution in [0.25, 0.3) is 0 Å². The van der Waals surface area contributed by atoms with Crippen molar-refractivity contribution < 1.29 is 0 Å². The van der Waals surface area contributed by atoms with Crippen LogP contribution in [0.15, 0.2) is 0 Å². The minimum Gasteiger partial charge on any atom is -0.329 e. The van der Waals surface area contributed by atoms with E-state index in [1.54, 1.807) is 0 Å². The van der Waals surface area contributed by atoms with Crippen LogP contribution in [0.2, 0.25) is 0 Å². The van der Waals surface area contributed by atoms with Crippen molar-refractivity contribution in [2.45, 2.75) is 85.2 Å². The molecule has 0 amide bonds. The molecule has 0 aliphatic heterocycles. The second kappa shape index (κ2) is 8.92. The van der Waals surface area contributed by atoms with Crippen LogP contribution in [0.4, 0.5) is 0 Å². The Morgan fingerprint density at radius 1 is 1.06 bits per heavy atom. The molecule has 0 aliphatic rings. The van der Waals surface area contributed by atoms with E-state index in [1.807, 2.05) is 0 Å². The summed E-state index contributed by atoms with van der Waals surface area (Å²) in [7, 11) is 0. The van der Waals surface area contributed by atoms with Crippen molar-refractivity contribution in [3.63, 3.8) is 0 Å². The van der Waals surface area contributed by atoms with Crippen LogP contribution < -0.4 is 5.73 Å². The van der Waals surface area contributed by atoms with Crippen LogP contribution in [0, 0.1) is 5.92 Å². The third kappa shape index (κ3) is 6.19. The van der Waals surface area contributed by atoms with Crippen LogP contribution in [0.3, 0.4) is 0 Å². The summed E-state index contributed by atoms with van der Waals surface area (Å²) in [6, 6.07) is 0.576. The Kier molecular flexibility index (Phi) is 8.89. The van der Waals surface area contributed by atoms with Gasteiger partial charge in [-0.15, -0.1) is 0 Å². The molecule has 1 atom stereocenters. The highest BCUT2D eigenvalue weighted by Gasteiger charge is 2.31. The van der Waals surface area contributed by atoms with E-state index in [0.717, 1.165) is 13.1 Å². The van der Waals surface area contributed by atoms with E-state index < -0.39 is 0 Å². The molecule has 18 heavy (non-hydrogen) atoms. The SMILES string of the molecule is CCCCCCC(C)(CN)N(CC(C)C)C(C)C. The van der Waals surface area contributed by atoms with E-state index in [9.17, 15) is 0 Å². The molecule has 0 bridgehead atoms. The number of rotatable bonds is 10. The quantitative estimate of drug-likeness (QED) is 0.598. The number of hydrogen-bond donors (Lipinski definition) is 1. The molecule has 0 aromatic rings. The van der Waals surface area contributed by atoms with Gasteiger partial charge in [0.25, 0.3) is 0 Å². The van der Waals surface area contributed by atoms with Gasteiger partial charge in [0, 0.05) is 24.7 Å².